The van der Waals surface area contributed by atoms with Gasteiger partial charge in [-0.3, -0.25) is 9.59 Å². The maximum atomic E-state index is 12.5. The van der Waals surface area contributed by atoms with Gasteiger partial charge in [-0.15, -0.1) is 0 Å². The molecule has 136 valence electrons. The van der Waals surface area contributed by atoms with Gasteiger partial charge in [0.1, 0.15) is 0 Å². The minimum atomic E-state index is 0.00726. The second-order valence-electron chi connectivity index (χ2n) is 6.96. The highest BCUT2D eigenvalue weighted by Gasteiger charge is 2.27. The summed E-state index contributed by atoms with van der Waals surface area (Å²) in [5.41, 5.74) is 3.10. The predicted molar refractivity (Wildman–Crippen MR) is 103 cm³/mol. The first-order valence-corrected chi connectivity index (χ1v) is 9.31. The Morgan fingerprint density at radius 3 is 2.31 bits per heavy atom. The molecule has 4 heteroatoms. The standard InChI is InChI=1S/C22H26N2O2/c1-17-7-9-20(10-8-17)22(26)24-15-12-19(13-16-24)21(25)23-14-11-18-5-3-2-4-6-18/h2-10,19H,11-16H2,1H3,(H,23,25). The molecule has 0 bridgehead atoms. The molecule has 2 aromatic rings. The van der Waals surface area contributed by atoms with Gasteiger partial charge in [0.25, 0.3) is 5.91 Å². The molecule has 1 N–H and O–H groups in total. The smallest absolute Gasteiger partial charge is 0.253 e. The number of hydrogen-bond donors (Lipinski definition) is 1. The summed E-state index contributed by atoms with van der Waals surface area (Å²) in [7, 11) is 0. The number of hydrogen-bond acceptors (Lipinski definition) is 2. The molecule has 26 heavy (non-hydrogen) atoms. The number of nitrogens with zero attached hydrogens (tertiary/aromatic N) is 1. The van der Waals surface area contributed by atoms with Gasteiger partial charge in [0.15, 0.2) is 0 Å². The lowest BCUT2D eigenvalue weighted by atomic mass is 9.95. The summed E-state index contributed by atoms with van der Waals surface area (Å²) in [5.74, 6) is 0.184. The summed E-state index contributed by atoms with van der Waals surface area (Å²) in [6.45, 7) is 3.95. The molecule has 0 aromatic heterocycles. The van der Waals surface area contributed by atoms with Crippen LogP contribution in [0.1, 0.15) is 34.3 Å². The van der Waals surface area contributed by atoms with E-state index >= 15 is 0 Å². The fourth-order valence-corrected chi connectivity index (χ4v) is 3.34. The molecule has 0 atom stereocenters. The van der Waals surface area contributed by atoms with Crippen LogP contribution in [0.15, 0.2) is 54.6 Å². The zero-order valence-electron chi connectivity index (χ0n) is 15.3. The summed E-state index contributed by atoms with van der Waals surface area (Å²) in [6.07, 6.45) is 2.31. The topological polar surface area (TPSA) is 49.4 Å². The number of benzene rings is 2. The molecule has 1 aliphatic rings. The van der Waals surface area contributed by atoms with E-state index in [0.29, 0.717) is 19.6 Å². The van der Waals surface area contributed by atoms with E-state index in [-0.39, 0.29) is 17.7 Å². The second-order valence-corrected chi connectivity index (χ2v) is 6.96. The third-order valence-electron chi connectivity index (χ3n) is 5.01. The van der Waals surface area contributed by atoms with Crippen LogP contribution in [0, 0.1) is 12.8 Å². The van der Waals surface area contributed by atoms with Crippen LogP contribution in [0.25, 0.3) is 0 Å². The lowest BCUT2D eigenvalue weighted by molar-refractivity contribution is -0.126. The molecule has 0 spiro atoms. The SMILES string of the molecule is Cc1ccc(C(=O)N2CCC(C(=O)NCCc3ccccc3)CC2)cc1. The summed E-state index contributed by atoms with van der Waals surface area (Å²) in [4.78, 5) is 26.8. The van der Waals surface area contributed by atoms with E-state index in [2.05, 4.69) is 17.4 Å². The van der Waals surface area contributed by atoms with E-state index in [1.165, 1.54) is 5.56 Å². The van der Waals surface area contributed by atoms with Crippen molar-refractivity contribution in [1.82, 2.24) is 10.2 Å². The summed E-state index contributed by atoms with van der Waals surface area (Å²) >= 11 is 0. The molecule has 0 aliphatic carbocycles. The molecule has 0 radical (unpaired) electrons. The summed E-state index contributed by atoms with van der Waals surface area (Å²) in [5, 5.41) is 3.04. The highest BCUT2D eigenvalue weighted by atomic mass is 16.2. The molecular weight excluding hydrogens is 324 g/mol. The van der Waals surface area contributed by atoms with Gasteiger partial charge >= 0.3 is 0 Å². The van der Waals surface area contributed by atoms with Crippen LogP contribution in [-0.2, 0) is 11.2 Å². The van der Waals surface area contributed by atoms with Crippen molar-refractivity contribution in [3.63, 3.8) is 0 Å². The average molecular weight is 350 g/mol. The van der Waals surface area contributed by atoms with Crippen LogP contribution < -0.4 is 5.32 Å². The first kappa shape index (κ1) is 18.2. The molecular formula is C22H26N2O2. The first-order chi connectivity index (χ1) is 12.6. The Morgan fingerprint density at radius 1 is 1.00 bits per heavy atom. The zero-order valence-corrected chi connectivity index (χ0v) is 15.3. The average Bonchev–Trinajstić information content (AvgIpc) is 2.69. The van der Waals surface area contributed by atoms with E-state index in [9.17, 15) is 9.59 Å². The lowest BCUT2D eigenvalue weighted by Gasteiger charge is -2.31. The van der Waals surface area contributed by atoms with E-state index in [4.69, 9.17) is 0 Å². The first-order valence-electron chi connectivity index (χ1n) is 9.31. The highest BCUT2D eigenvalue weighted by Crippen LogP contribution is 2.19. The normalized spacial score (nSPS) is 14.9. The molecule has 1 heterocycles. The van der Waals surface area contributed by atoms with Crippen molar-refractivity contribution in [3.8, 4) is 0 Å². The number of nitrogens with one attached hydrogen (secondary N) is 1. The van der Waals surface area contributed by atoms with Crippen LogP contribution in [0.5, 0.6) is 0 Å². The fraction of sp³-hybridized carbons (Fsp3) is 0.364. The number of carbonyl (C=O) groups is 2. The predicted octanol–water partition coefficient (Wildman–Crippen LogP) is 3.21. The van der Waals surface area contributed by atoms with Crippen LogP contribution in [0.2, 0.25) is 0 Å². The number of aryl methyl sites for hydroxylation is 1. The Labute approximate surface area is 155 Å². The van der Waals surface area contributed by atoms with E-state index < -0.39 is 0 Å². The summed E-state index contributed by atoms with van der Waals surface area (Å²) < 4.78 is 0. The van der Waals surface area contributed by atoms with Crippen molar-refractivity contribution in [2.45, 2.75) is 26.2 Å². The Bertz CT molecular complexity index is 732. The Balaban J connectivity index is 1.43. The molecule has 0 unspecified atom stereocenters. The molecule has 4 nitrogen and oxygen atoms in total. The van der Waals surface area contributed by atoms with Gasteiger partial charge in [-0.05, 0) is 43.9 Å². The minimum Gasteiger partial charge on any atom is -0.356 e. The van der Waals surface area contributed by atoms with E-state index in [0.717, 1.165) is 30.4 Å². The largest absolute Gasteiger partial charge is 0.356 e. The second kappa shape index (κ2) is 8.65. The van der Waals surface area contributed by atoms with Crippen molar-refractivity contribution in [2.24, 2.45) is 5.92 Å². The molecule has 2 amide bonds. The van der Waals surface area contributed by atoms with Gasteiger partial charge in [-0.1, -0.05) is 48.0 Å². The van der Waals surface area contributed by atoms with E-state index in [1.54, 1.807) is 0 Å². The van der Waals surface area contributed by atoms with Crippen molar-refractivity contribution in [2.75, 3.05) is 19.6 Å². The molecule has 2 aromatic carbocycles. The maximum Gasteiger partial charge on any atom is 0.253 e. The molecule has 3 rings (SSSR count). The third kappa shape index (κ3) is 4.72. The quantitative estimate of drug-likeness (QED) is 0.900. The van der Waals surface area contributed by atoms with Crippen LogP contribution >= 0.6 is 0 Å². The van der Waals surface area contributed by atoms with Crippen LogP contribution in [0.3, 0.4) is 0 Å². The summed E-state index contributed by atoms with van der Waals surface area (Å²) in [6, 6.07) is 17.8. The monoisotopic (exact) mass is 350 g/mol. The number of amides is 2. The van der Waals surface area contributed by atoms with Gasteiger partial charge in [0, 0.05) is 31.1 Å². The number of rotatable bonds is 5. The van der Waals surface area contributed by atoms with Crippen molar-refractivity contribution in [3.05, 3.63) is 71.3 Å². The molecule has 0 saturated carbocycles. The Morgan fingerprint density at radius 2 is 1.65 bits per heavy atom. The number of likely N-dealkylation sites (tertiary alicyclic amines) is 1. The maximum absolute atomic E-state index is 12.5. The number of carbonyl (C=O) groups excluding carboxylic acids is 2. The molecule has 1 aliphatic heterocycles. The third-order valence-corrected chi connectivity index (χ3v) is 5.01. The van der Waals surface area contributed by atoms with Gasteiger partial charge in [0.2, 0.25) is 5.91 Å². The van der Waals surface area contributed by atoms with E-state index in [1.807, 2.05) is 54.3 Å². The van der Waals surface area contributed by atoms with Gasteiger partial charge < -0.3 is 10.2 Å². The molecule has 1 saturated heterocycles. The van der Waals surface area contributed by atoms with Gasteiger partial charge in [-0.2, -0.15) is 0 Å². The van der Waals surface area contributed by atoms with Gasteiger partial charge in [0.05, 0.1) is 0 Å². The van der Waals surface area contributed by atoms with Crippen molar-refractivity contribution < 1.29 is 9.59 Å². The Hall–Kier alpha value is -2.62. The highest BCUT2D eigenvalue weighted by molar-refractivity contribution is 5.94. The zero-order chi connectivity index (χ0) is 18.4. The fourth-order valence-electron chi connectivity index (χ4n) is 3.34. The van der Waals surface area contributed by atoms with Crippen LogP contribution in [-0.4, -0.2) is 36.3 Å². The molecule has 1 fully saturated rings. The Kier molecular flexibility index (Phi) is 6.05. The number of piperidine rings is 1. The van der Waals surface area contributed by atoms with Gasteiger partial charge in [-0.25, -0.2) is 0 Å². The van der Waals surface area contributed by atoms with Crippen LogP contribution in [0.4, 0.5) is 0 Å². The lowest BCUT2D eigenvalue weighted by Crippen LogP contribution is -2.43. The van der Waals surface area contributed by atoms with Crippen molar-refractivity contribution in [1.29, 1.82) is 0 Å². The minimum absolute atomic E-state index is 0.00726. The van der Waals surface area contributed by atoms with Crippen molar-refractivity contribution >= 4 is 11.8 Å².